The highest BCUT2D eigenvalue weighted by Gasteiger charge is 2.21. The average molecular weight is 559 g/mol. The highest BCUT2D eigenvalue weighted by Crippen LogP contribution is 2.25. The number of nitrogens with zero attached hydrogens (tertiary/aromatic N) is 5. The van der Waals surface area contributed by atoms with Gasteiger partial charge in [0.15, 0.2) is 15.7 Å². The molecule has 3 aromatic rings. The summed E-state index contributed by atoms with van der Waals surface area (Å²) < 4.78 is 34.4. The number of hydrogen-bond acceptors (Lipinski definition) is 10. The highest BCUT2D eigenvalue weighted by molar-refractivity contribution is 7.90. The van der Waals surface area contributed by atoms with Gasteiger partial charge in [-0.1, -0.05) is 11.6 Å². The fourth-order valence-electron chi connectivity index (χ4n) is 4.10. The predicted octanol–water partition coefficient (Wildman–Crippen LogP) is 2.52. The van der Waals surface area contributed by atoms with E-state index in [0.29, 0.717) is 76.0 Å². The first-order valence-corrected chi connectivity index (χ1v) is 14.4. The molecule has 1 N–H and O–H groups in total. The van der Waals surface area contributed by atoms with Crippen molar-refractivity contribution in [3.8, 4) is 11.4 Å². The maximum Gasteiger partial charge on any atom is 0.257 e. The van der Waals surface area contributed by atoms with Crippen molar-refractivity contribution in [3.05, 3.63) is 53.1 Å². The number of benzene rings is 2. The molecule has 2 saturated heterocycles. The molecule has 2 aliphatic rings. The molecule has 1 amide bonds. The minimum atomic E-state index is -3.43. The number of nitrogens with one attached hydrogen (secondary N) is 1. The third-order valence-corrected chi connectivity index (χ3v) is 7.64. The molecule has 11 nitrogen and oxygen atoms in total. The van der Waals surface area contributed by atoms with Crippen LogP contribution in [0.5, 0.6) is 0 Å². The zero-order valence-corrected chi connectivity index (χ0v) is 22.3. The second-order valence-corrected chi connectivity index (χ2v) is 11.3. The zero-order valence-electron chi connectivity index (χ0n) is 20.8. The number of rotatable bonds is 6. The third-order valence-electron chi connectivity index (χ3n) is 6.21. The molecular weight excluding hydrogens is 532 g/mol. The summed E-state index contributed by atoms with van der Waals surface area (Å²) in [6.45, 7) is 5.25. The summed E-state index contributed by atoms with van der Waals surface area (Å²) in [5.41, 5.74) is 1.48. The van der Waals surface area contributed by atoms with Crippen LogP contribution in [0.15, 0.2) is 47.4 Å². The normalized spacial score (nSPS) is 16.4. The van der Waals surface area contributed by atoms with Crippen LogP contribution in [-0.2, 0) is 19.3 Å². The summed E-state index contributed by atoms with van der Waals surface area (Å²) in [6.07, 6.45) is 1.08. The number of carbonyl (C=O) groups is 1. The molecule has 3 heterocycles. The molecule has 5 rings (SSSR count). The number of carbonyl (C=O) groups excluding carboxylic acids is 1. The molecular formula is C25H27ClN6O5S. The van der Waals surface area contributed by atoms with E-state index in [0.717, 1.165) is 11.8 Å². The molecule has 0 bridgehead atoms. The Morgan fingerprint density at radius 3 is 1.92 bits per heavy atom. The molecule has 0 saturated carbocycles. The van der Waals surface area contributed by atoms with Gasteiger partial charge in [-0.15, -0.1) is 0 Å². The van der Waals surface area contributed by atoms with Gasteiger partial charge in [-0.25, -0.2) is 8.42 Å². The van der Waals surface area contributed by atoms with Crippen LogP contribution in [0.3, 0.4) is 0 Å². The Labute approximate surface area is 225 Å². The van der Waals surface area contributed by atoms with Gasteiger partial charge >= 0.3 is 0 Å². The van der Waals surface area contributed by atoms with Crippen LogP contribution in [0.25, 0.3) is 11.4 Å². The first-order valence-electron chi connectivity index (χ1n) is 12.1. The van der Waals surface area contributed by atoms with Crippen molar-refractivity contribution in [2.75, 3.05) is 74.0 Å². The summed E-state index contributed by atoms with van der Waals surface area (Å²) in [5, 5.41) is 2.85. The van der Waals surface area contributed by atoms with Crippen LogP contribution < -0.4 is 15.1 Å². The van der Waals surface area contributed by atoms with E-state index in [4.69, 9.17) is 36.0 Å². The van der Waals surface area contributed by atoms with Gasteiger partial charge < -0.3 is 24.6 Å². The van der Waals surface area contributed by atoms with E-state index >= 15 is 0 Å². The van der Waals surface area contributed by atoms with Crippen LogP contribution in [0.1, 0.15) is 10.4 Å². The number of halogens is 1. The molecule has 38 heavy (non-hydrogen) atoms. The zero-order chi connectivity index (χ0) is 26.7. The quantitative estimate of drug-likeness (QED) is 0.482. The minimum Gasteiger partial charge on any atom is -0.378 e. The van der Waals surface area contributed by atoms with Gasteiger partial charge in [0.1, 0.15) is 0 Å². The molecule has 0 radical (unpaired) electrons. The van der Waals surface area contributed by atoms with Crippen molar-refractivity contribution in [2.45, 2.75) is 4.90 Å². The van der Waals surface area contributed by atoms with E-state index in [9.17, 15) is 13.2 Å². The number of sulfone groups is 1. The number of anilines is 3. The monoisotopic (exact) mass is 558 g/mol. The molecule has 200 valence electrons. The number of ether oxygens (including phenoxy) is 2. The van der Waals surface area contributed by atoms with Crippen molar-refractivity contribution < 1.29 is 22.7 Å². The van der Waals surface area contributed by atoms with E-state index in [-0.39, 0.29) is 15.5 Å². The second kappa shape index (κ2) is 11.2. The van der Waals surface area contributed by atoms with E-state index < -0.39 is 15.7 Å². The predicted molar refractivity (Wildman–Crippen MR) is 144 cm³/mol. The van der Waals surface area contributed by atoms with Crippen molar-refractivity contribution in [3.63, 3.8) is 0 Å². The average Bonchev–Trinajstić information content (AvgIpc) is 2.93. The Morgan fingerprint density at radius 2 is 1.42 bits per heavy atom. The van der Waals surface area contributed by atoms with Gasteiger partial charge in [0.05, 0.1) is 41.9 Å². The fraction of sp³-hybridized carbons (Fsp3) is 0.360. The lowest BCUT2D eigenvalue weighted by molar-refractivity contribution is 0.102. The maximum absolute atomic E-state index is 12.8. The summed E-state index contributed by atoms with van der Waals surface area (Å²) in [7, 11) is -3.43. The van der Waals surface area contributed by atoms with Crippen molar-refractivity contribution in [1.82, 2.24) is 15.0 Å². The molecule has 0 aliphatic carbocycles. The molecule has 0 unspecified atom stereocenters. The Morgan fingerprint density at radius 1 is 0.868 bits per heavy atom. The number of morpholine rings is 2. The van der Waals surface area contributed by atoms with E-state index in [1.54, 1.807) is 12.1 Å². The van der Waals surface area contributed by atoms with Gasteiger partial charge in [-0.2, -0.15) is 15.0 Å². The molecule has 2 fully saturated rings. The molecule has 0 spiro atoms. The minimum absolute atomic E-state index is 0.0497. The van der Waals surface area contributed by atoms with Gasteiger partial charge in [-0.05, 0) is 42.5 Å². The smallest absolute Gasteiger partial charge is 0.257 e. The van der Waals surface area contributed by atoms with Crippen LogP contribution in [0.2, 0.25) is 5.02 Å². The van der Waals surface area contributed by atoms with Crippen molar-refractivity contribution in [1.29, 1.82) is 0 Å². The topological polar surface area (TPSA) is 127 Å². The molecule has 1 aromatic heterocycles. The fourth-order valence-corrected chi connectivity index (χ4v) is 5.08. The lowest BCUT2D eigenvalue weighted by Crippen LogP contribution is -2.40. The van der Waals surface area contributed by atoms with Gasteiger partial charge in [-0.3, -0.25) is 4.79 Å². The molecule has 13 heteroatoms. The first kappa shape index (κ1) is 26.3. The van der Waals surface area contributed by atoms with E-state index in [1.165, 1.54) is 18.2 Å². The molecule has 0 atom stereocenters. The SMILES string of the molecule is CS(=O)(=O)c1ccc(C(=O)Nc2ccc(-c3nc(N4CCOCC4)nc(N4CCOCC4)n3)cc2)c(Cl)c1. The standard InChI is InChI=1S/C25H27ClN6O5S/c1-38(34,35)19-6-7-20(21(26)16-19)23(33)27-18-4-2-17(3-5-18)22-28-24(31-8-12-36-13-9-31)30-25(29-22)32-10-14-37-15-11-32/h2-7,16H,8-15H2,1H3,(H,27,33). The lowest BCUT2D eigenvalue weighted by Gasteiger charge is -2.30. The van der Waals surface area contributed by atoms with Crippen LogP contribution in [0.4, 0.5) is 17.6 Å². The van der Waals surface area contributed by atoms with Crippen LogP contribution >= 0.6 is 11.6 Å². The summed E-state index contributed by atoms with van der Waals surface area (Å²) in [4.78, 5) is 31.2. The van der Waals surface area contributed by atoms with Gasteiger partial charge in [0.25, 0.3) is 5.91 Å². The first-order chi connectivity index (χ1) is 18.3. The number of amides is 1. The summed E-state index contributed by atoms with van der Waals surface area (Å²) in [6, 6.07) is 11.2. The number of hydrogen-bond donors (Lipinski definition) is 1. The molecule has 2 aliphatic heterocycles. The van der Waals surface area contributed by atoms with E-state index in [2.05, 4.69) is 15.1 Å². The Balaban J connectivity index is 1.37. The van der Waals surface area contributed by atoms with Crippen LogP contribution in [0, 0.1) is 0 Å². The Kier molecular flexibility index (Phi) is 7.75. The second-order valence-electron chi connectivity index (χ2n) is 8.90. The van der Waals surface area contributed by atoms with Crippen molar-refractivity contribution in [2.24, 2.45) is 0 Å². The summed E-state index contributed by atoms with van der Waals surface area (Å²) >= 11 is 6.19. The molecule has 2 aromatic carbocycles. The van der Waals surface area contributed by atoms with Gasteiger partial charge in [0.2, 0.25) is 11.9 Å². The Bertz CT molecular complexity index is 1390. The maximum atomic E-state index is 12.8. The van der Waals surface area contributed by atoms with Gasteiger partial charge in [0, 0.05) is 43.7 Å². The third kappa shape index (κ3) is 6.04. The van der Waals surface area contributed by atoms with Crippen LogP contribution in [-0.4, -0.2) is 88.1 Å². The Hall–Kier alpha value is -3.32. The largest absolute Gasteiger partial charge is 0.378 e. The number of aromatic nitrogens is 3. The summed E-state index contributed by atoms with van der Waals surface area (Å²) in [5.74, 6) is 1.28. The highest BCUT2D eigenvalue weighted by atomic mass is 35.5. The lowest BCUT2D eigenvalue weighted by atomic mass is 10.1. The van der Waals surface area contributed by atoms with E-state index in [1.807, 2.05) is 12.1 Å². The van der Waals surface area contributed by atoms with Crippen molar-refractivity contribution >= 4 is 44.9 Å².